The van der Waals surface area contributed by atoms with Crippen molar-refractivity contribution in [2.75, 3.05) is 26.0 Å². The summed E-state index contributed by atoms with van der Waals surface area (Å²) in [6.07, 6.45) is 0. The number of benzene rings is 2. The van der Waals surface area contributed by atoms with Crippen molar-refractivity contribution in [3.8, 4) is 11.5 Å². The number of hydrogen-bond donors (Lipinski definition) is 1. The minimum absolute atomic E-state index is 0.709. The summed E-state index contributed by atoms with van der Waals surface area (Å²) in [5.41, 5.74) is 2.16. The molecule has 106 valence electrons. The van der Waals surface area contributed by atoms with Gasteiger partial charge in [-0.1, -0.05) is 23.7 Å². The fourth-order valence-corrected chi connectivity index (χ4v) is 2.12. The van der Waals surface area contributed by atoms with Crippen LogP contribution in [0.15, 0.2) is 42.5 Å². The van der Waals surface area contributed by atoms with Crippen molar-refractivity contribution in [3.63, 3.8) is 0 Å². The van der Waals surface area contributed by atoms with E-state index in [-0.39, 0.29) is 0 Å². The molecule has 0 spiro atoms. The highest BCUT2D eigenvalue weighted by molar-refractivity contribution is 6.31. The summed E-state index contributed by atoms with van der Waals surface area (Å²) in [7, 11) is 5.90. The third-order valence-electron chi connectivity index (χ3n) is 2.96. The van der Waals surface area contributed by atoms with Crippen LogP contribution in [-0.4, -0.2) is 21.1 Å². The highest BCUT2D eigenvalue weighted by Gasteiger charge is 2.04. The third-order valence-corrected chi connectivity index (χ3v) is 3.31. The van der Waals surface area contributed by atoms with E-state index in [2.05, 4.69) is 5.32 Å². The molecule has 3 nitrogen and oxygen atoms in total. The second-order valence-corrected chi connectivity index (χ2v) is 5.18. The zero-order valence-electron chi connectivity index (χ0n) is 12.0. The average Bonchev–Trinajstić information content (AvgIpc) is 2.42. The smallest absolute Gasteiger partial charge is 0.129 e. The molecule has 0 fully saturated rings. The lowest BCUT2D eigenvalue weighted by Gasteiger charge is -2.14. The predicted molar refractivity (Wildman–Crippen MR) is 85.1 cm³/mol. The Morgan fingerprint density at radius 3 is 2.50 bits per heavy atom. The molecule has 0 saturated carbocycles. The summed E-state index contributed by atoms with van der Waals surface area (Å²) in [6.45, 7) is 0.745. The molecule has 0 unspecified atom stereocenters. The van der Waals surface area contributed by atoms with Crippen molar-refractivity contribution < 1.29 is 4.74 Å². The van der Waals surface area contributed by atoms with Gasteiger partial charge in [-0.05, 0) is 36.9 Å². The maximum absolute atomic E-state index is 6.23. The van der Waals surface area contributed by atoms with Gasteiger partial charge < -0.3 is 15.0 Å². The topological polar surface area (TPSA) is 24.5 Å². The Balaban J connectivity index is 2.17. The number of rotatable bonds is 5. The molecule has 0 bridgehead atoms. The van der Waals surface area contributed by atoms with Gasteiger partial charge in [0.15, 0.2) is 0 Å². The van der Waals surface area contributed by atoms with E-state index in [1.807, 2.05) is 68.5 Å². The van der Waals surface area contributed by atoms with Crippen LogP contribution in [0.1, 0.15) is 5.56 Å². The van der Waals surface area contributed by atoms with E-state index in [0.717, 1.165) is 29.3 Å². The summed E-state index contributed by atoms with van der Waals surface area (Å²) in [6, 6.07) is 13.7. The van der Waals surface area contributed by atoms with Gasteiger partial charge >= 0.3 is 0 Å². The van der Waals surface area contributed by atoms with Crippen molar-refractivity contribution in [1.82, 2.24) is 5.32 Å². The Kier molecular flexibility index (Phi) is 4.88. The van der Waals surface area contributed by atoms with Crippen molar-refractivity contribution in [2.45, 2.75) is 6.54 Å². The molecule has 20 heavy (non-hydrogen) atoms. The molecule has 2 rings (SSSR count). The normalized spacial score (nSPS) is 10.4. The minimum atomic E-state index is 0.709. The number of hydrogen-bond acceptors (Lipinski definition) is 3. The van der Waals surface area contributed by atoms with Gasteiger partial charge in [0.2, 0.25) is 0 Å². The van der Waals surface area contributed by atoms with Gasteiger partial charge in [0, 0.05) is 37.4 Å². The van der Waals surface area contributed by atoms with Crippen molar-refractivity contribution >= 4 is 17.3 Å². The molecule has 0 atom stereocenters. The molecule has 2 aromatic rings. The zero-order chi connectivity index (χ0) is 14.5. The van der Waals surface area contributed by atoms with Crippen molar-refractivity contribution in [3.05, 3.63) is 53.1 Å². The maximum atomic E-state index is 6.23. The van der Waals surface area contributed by atoms with Gasteiger partial charge in [0.25, 0.3) is 0 Å². The molecule has 0 amide bonds. The average molecular weight is 291 g/mol. The number of nitrogens with one attached hydrogen (secondary N) is 1. The van der Waals surface area contributed by atoms with E-state index in [9.17, 15) is 0 Å². The molecule has 0 aromatic heterocycles. The molecule has 0 aliphatic rings. The number of ether oxygens (including phenoxy) is 1. The van der Waals surface area contributed by atoms with Crippen LogP contribution in [0.2, 0.25) is 5.02 Å². The molecule has 1 N–H and O–H groups in total. The molecule has 0 radical (unpaired) electrons. The van der Waals surface area contributed by atoms with Crippen LogP contribution in [0.3, 0.4) is 0 Å². The van der Waals surface area contributed by atoms with Crippen LogP contribution in [0.25, 0.3) is 0 Å². The van der Waals surface area contributed by atoms with Crippen LogP contribution < -0.4 is 15.0 Å². The molecule has 2 aromatic carbocycles. The summed E-state index contributed by atoms with van der Waals surface area (Å²) in [4.78, 5) is 2.04. The number of nitrogens with zero attached hydrogens (tertiary/aromatic N) is 1. The first-order valence-corrected chi connectivity index (χ1v) is 6.86. The molecule has 4 heteroatoms. The van der Waals surface area contributed by atoms with E-state index in [4.69, 9.17) is 16.3 Å². The highest BCUT2D eigenvalue weighted by atomic mass is 35.5. The van der Waals surface area contributed by atoms with Gasteiger partial charge in [-0.15, -0.1) is 0 Å². The molecular formula is C16H19ClN2O. The van der Waals surface area contributed by atoms with Crippen LogP contribution in [-0.2, 0) is 6.54 Å². The lowest BCUT2D eigenvalue weighted by molar-refractivity contribution is 0.482. The van der Waals surface area contributed by atoms with E-state index < -0.39 is 0 Å². The standard InChI is InChI=1S/C16H19ClN2O/c1-18-11-12-7-8-15(10-16(12)17)20-14-6-4-5-13(9-14)19(2)3/h4-10,18H,11H2,1-3H3. The number of anilines is 1. The van der Waals surface area contributed by atoms with E-state index in [1.54, 1.807) is 0 Å². The first-order valence-electron chi connectivity index (χ1n) is 6.48. The number of halogens is 1. The van der Waals surface area contributed by atoms with Gasteiger partial charge in [-0.25, -0.2) is 0 Å². The predicted octanol–water partition coefficient (Wildman–Crippen LogP) is 3.92. The first-order chi connectivity index (χ1) is 9.60. The summed E-state index contributed by atoms with van der Waals surface area (Å²) in [5.74, 6) is 1.54. The molecule has 0 aliphatic carbocycles. The molecular weight excluding hydrogens is 272 g/mol. The second kappa shape index (κ2) is 6.64. The van der Waals surface area contributed by atoms with Crippen LogP contribution >= 0.6 is 11.6 Å². The zero-order valence-corrected chi connectivity index (χ0v) is 12.7. The van der Waals surface area contributed by atoms with Crippen molar-refractivity contribution in [1.29, 1.82) is 0 Å². The largest absolute Gasteiger partial charge is 0.457 e. The van der Waals surface area contributed by atoms with Crippen LogP contribution in [0, 0.1) is 0 Å². The molecule has 0 heterocycles. The Hall–Kier alpha value is -1.71. The van der Waals surface area contributed by atoms with Gasteiger partial charge in [-0.2, -0.15) is 0 Å². The quantitative estimate of drug-likeness (QED) is 0.903. The van der Waals surface area contributed by atoms with Crippen LogP contribution in [0.4, 0.5) is 5.69 Å². The maximum Gasteiger partial charge on any atom is 0.129 e. The van der Waals surface area contributed by atoms with E-state index >= 15 is 0 Å². The Bertz CT molecular complexity index is 584. The Morgan fingerprint density at radius 2 is 1.85 bits per heavy atom. The Labute approximate surface area is 125 Å². The van der Waals surface area contributed by atoms with Crippen LogP contribution in [0.5, 0.6) is 11.5 Å². The third kappa shape index (κ3) is 3.65. The first kappa shape index (κ1) is 14.7. The lowest BCUT2D eigenvalue weighted by Crippen LogP contribution is -2.08. The fraction of sp³-hybridized carbons (Fsp3) is 0.250. The van der Waals surface area contributed by atoms with Gasteiger partial charge in [-0.3, -0.25) is 0 Å². The monoisotopic (exact) mass is 290 g/mol. The SMILES string of the molecule is CNCc1ccc(Oc2cccc(N(C)C)c2)cc1Cl. The van der Waals surface area contributed by atoms with Gasteiger partial charge in [0.05, 0.1) is 0 Å². The highest BCUT2D eigenvalue weighted by Crippen LogP contribution is 2.28. The summed E-state index contributed by atoms with van der Waals surface area (Å²) in [5, 5.41) is 3.79. The molecule has 0 saturated heterocycles. The molecule has 0 aliphatic heterocycles. The van der Waals surface area contributed by atoms with E-state index in [0.29, 0.717) is 5.02 Å². The summed E-state index contributed by atoms with van der Waals surface area (Å²) < 4.78 is 5.85. The van der Waals surface area contributed by atoms with Crippen molar-refractivity contribution in [2.24, 2.45) is 0 Å². The minimum Gasteiger partial charge on any atom is -0.457 e. The second-order valence-electron chi connectivity index (χ2n) is 4.78. The summed E-state index contributed by atoms with van der Waals surface area (Å²) >= 11 is 6.23. The van der Waals surface area contributed by atoms with Gasteiger partial charge in [0.1, 0.15) is 11.5 Å². The van der Waals surface area contributed by atoms with E-state index in [1.165, 1.54) is 0 Å². The fourth-order valence-electron chi connectivity index (χ4n) is 1.89. The Morgan fingerprint density at radius 1 is 1.10 bits per heavy atom. The lowest BCUT2D eigenvalue weighted by atomic mass is 10.2.